The number of likely N-dealkylation sites (N-methyl/N-ethyl adjacent to an activating group) is 1. The Morgan fingerprint density at radius 1 is 1.27 bits per heavy atom. The average Bonchev–Trinajstić information content (AvgIpc) is 2.50. The highest BCUT2D eigenvalue weighted by atomic mass is 79.9. The summed E-state index contributed by atoms with van der Waals surface area (Å²) in [7, 11) is 1.73. The number of halogens is 2. The molecule has 0 spiro atoms. The molecule has 0 heterocycles. The van der Waals surface area contributed by atoms with Crippen molar-refractivity contribution in [3.63, 3.8) is 0 Å². The zero-order valence-corrected chi connectivity index (χ0v) is 14.0. The van der Waals surface area contributed by atoms with E-state index in [9.17, 15) is 9.18 Å². The molecule has 1 unspecified atom stereocenters. The van der Waals surface area contributed by atoms with Crippen molar-refractivity contribution in [3.05, 3.63) is 64.4 Å². The lowest BCUT2D eigenvalue weighted by Crippen LogP contribution is -2.37. The van der Waals surface area contributed by atoms with Gasteiger partial charge in [-0.1, -0.05) is 30.3 Å². The molecule has 3 nitrogen and oxygen atoms in total. The van der Waals surface area contributed by atoms with Crippen LogP contribution < -0.4 is 4.74 Å². The second kappa shape index (κ2) is 7.40. The number of ether oxygens (including phenoxy) is 1. The maximum Gasteiger partial charge on any atom is 0.263 e. The number of carbonyl (C=O) groups excluding carboxylic acids is 1. The van der Waals surface area contributed by atoms with Gasteiger partial charge in [-0.25, -0.2) is 4.39 Å². The zero-order valence-electron chi connectivity index (χ0n) is 12.4. The van der Waals surface area contributed by atoms with Crippen LogP contribution in [0.25, 0.3) is 0 Å². The van der Waals surface area contributed by atoms with Crippen LogP contribution in [0.5, 0.6) is 5.75 Å². The van der Waals surface area contributed by atoms with E-state index in [1.54, 1.807) is 18.9 Å². The molecule has 2 aromatic rings. The Labute approximate surface area is 137 Å². The van der Waals surface area contributed by atoms with Gasteiger partial charge < -0.3 is 9.64 Å². The fourth-order valence-electron chi connectivity index (χ4n) is 2.06. The predicted molar refractivity (Wildman–Crippen MR) is 87.1 cm³/mol. The molecule has 0 saturated carbocycles. The van der Waals surface area contributed by atoms with Crippen LogP contribution >= 0.6 is 15.9 Å². The number of benzene rings is 2. The molecule has 0 aliphatic heterocycles. The van der Waals surface area contributed by atoms with E-state index in [1.807, 2.05) is 30.3 Å². The highest BCUT2D eigenvalue weighted by Crippen LogP contribution is 2.26. The number of hydrogen-bond acceptors (Lipinski definition) is 2. The maximum absolute atomic E-state index is 13.1. The molecule has 1 atom stereocenters. The average molecular weight is 366 g/mol. The number of hydrogen-bond donors (Lipinski definition) is 0. The van der Waals surface area contributed by atoms with Gasteiger partial charge in [-0.2, -0.15) is 0 Å². The van der Waals surface area contributed by atoms with Crippen LogP contribution in [0.1, 0.15) is 12.5 Å². The van der Waals surface area contributed by atoms with Crippen molar-refractivity contribution >= 4 is 21.8 Å². The predicted octanol–water partition coefficient (Wildman–Crippen LogP) is 4.01. The van der Waals surface area contributed by atoms with Crippen molar-refractivity contribution in [3.8, 4) is 5.75 Å². The van der Waals surface area contributed by atoms with E-state index < -0.39 is 6.10 Å². The molecule has 0 aliphatic rings. The van der Waals surface area contributed by atoms with Crippen LogP contribution in [-0.2, 0) is 11.3 Å². The first kappa shape index (κ1) is 16.5. The Morgan fingerprint density at radius 2 is 1.95 bits per heavy atom. The van der Waals surface area contributed by atoms with E-state index in [1.165, 1.54) is 18.2 Å². The Bertz CT molecular complexity index is 648. The van der Waals surface area contributed by atoms with Gasteiger partial charge in [-0.15, -0.1) is 0 Å². The lowest BCUT2D eigenvalue weighted by molar-refractivity contribution is -0.137. The van der Waals surface area contributed by atoms with Gasteiger partial charge in [0.15, 0.2) is 6.10 Å². The summed E-state index contributed by atoms with van der Waals surface area (Å²) in [5.41, 5.74) is 1.05. The lowest BCUT2D eigenvalue weighted by Gasteiger charge is -2.22. The minimum atomic E-state index is -0.657. The van der Waals surface area contributed by atoms with Crippen LogP contribution in [0.4, 0.5) is 4.39 Å². The Hall–Kier alpha value is -1.88. The first-order valence-corrected chi connectivity index (χ1v) is 7.67. The van der Waals surface area contributed by atoms with Crippen molar-refractivity contribution in [2.24, 2.45) is 0 Å². The Balaban J connectivity index is 1.99. The summed E-state index contributed by atoms with van der Waals surface area (Å²) >= 11 is 3.23. The lowest BCUT2D eigenvalue weighted by atomic mass is 10.2. The van der Waals surface area contributed by atoms with E-state index in [0.29, 0.717) is 16.8 Å². The standard InChI is InChI=1S/C17H17BrFNO2/c1-12(22-16-9-8-14(19)10-15(16)18)17(21)20(2)11-13-6-4-3-5-7-13/h3-10,12H,11H2,1-2H3. The third-order valence-corrected chi connectivity index (χ3v) is 3.80. The minimum absolute atomic E-state index is 0.139. The number of nitrogens with zero attached hydrogens (tertiary/aromatic N) is 1. The summed E-state index contributed by atoms with van der Waals surface area (Å²) in [6.45, 7) is 2.19. The Kier molecular flexibility index (Phi) is 5.55. The van der Waals surface area contributed by atoms with Gasteiger partial charge in [0.25, 0.3) is 5.91 Å². The van der Waals surface area contributed by atoms with Crippen molar-refractivity contribution in [2.45, 2.75) is 19.6 Å². The topological polar surface area (TPSA) is 29.5 Å². The summed E-state index contributed by atoms with van der Waals surface area (Å²) in [5, 5.41) is 0. The van der Waals surface area contributed by atoms with Crippen molar-refractivity contribution in [1.29, 1.82) is 0 Å². The van der Waals surface area contributed by atoms with Crippen molar-refractivity contribution < 1.29 is 13.9 Å². The molecule has 22 heavy (non-hydrogen) atoms. The summed E-state index contributed by atoms with van der Waals surface area (Å²) in [4.78, 5) is 14.0. The largest absolute Gasteiger partial charge is 0.480 e. The molecule has 0 radical (unpaired) electrons. The molecule has 2 rings (SSSR count). The van der Waals surface area contributed by atoms with E-state index in [4.69, 9.17) is 4.74 Å². The summed E-state index contributed by atoms with van der Waals surface area (Å²) in [5.74, 6) is -0.0603. The highest BCUT2D eigenvalue weighted by Gasteiger charge is 2.20. The van der Waals surface area contributed by atoms with Crippen molar-refractivity contribution in [1.82, 2.24) is 4.90 Å². The van der Waals surface area contributed by atoms with E-state index in [2.05, 4.69) is 15.9 Å². The van der Waals surface area contributed by atoms with Gasteiger partial charge in [-0.05, 0) is 46.6 Å². The number of rotatable bonds is 5. The third-order valence-electron chi connectivity index (χ3n) is 3.18. The highest BCUT2D eigenvalue weighted by molar-refractivity contribution is 9.10. The zero-order chi connectivity index (χ0) is 16.1. The van der Waals surface area contributed by atoms with Crippen LogP contribution in [0.15, 0.2) is 53.0 Å². The number of carbonyl (C=O) groups is 1. The van der Waals surface area contributed by atoms with Gasteiger partial charge in [0.1, 0.15) is 11.6 Å². The fourth-order valence-corrected chi connectivity index (χ4v) is 2.50. The van der Waals surface area contributed by atoms with Crippen LogP contribution in [0.2, 0.25) is 0 Å². The summed E-state index contributed by atoms with van der Waals surface area (Å²) in [6, 6.07) is 13.8. The quantitative estimate of drug-likeness (QED) is 0.800. The second-order valence-electron chi connectivity index (χ2n) is 5.01. The molecular weight excluding hydrogens is 349 g/mol. The van der Waals surface area contributed by atoms with E-state index in [-0.39, 0.29) is 11.7 Å². The monoisotopic (exact) mass is 365 g/mol. The number of amides is 1. The molecule has 5 heteroatoms. The minimum Gasteiger partial charge on any atom is -0.480 e. The molecule has 0 N–H and O–H groups in total. The van der Waals surface area contributed by atoms with Crippen LogP contribution in [0, 0.1) is 5.82 Å². The molecule has 116 valence electrons. The smallest absolute Gasteiger partial charge is 0.263 e. The molecule has 0 fully saturated rings. The first-order chi connectivity index (χ1) is 10.5. The van der Waals surface area contributed by atoms with Crippen LogP contribution in [0.3, 0.4) is 0 Å². The van der Waals surface area contributed by atoms with E-state index >= 15 is 0 Å². The van der Waals surface area contributed by atoms with E-state index in [0.717, 1.165) is 5.56 Å². The first-order valence-electron chi connectivity index (χ1n) is 6.88. The Morgan fingerprint density at radius 3 is 2.59 bits per heavy atom. The summed E-state index contributed by atoms with van der Waals surface area (Å²) in [6.07, 6.45) is -0.657. The van der Waals surface area contributed by atoms with Gasteiger partial charge in [-0.3, -0.25) is 4.79 Å². The molecule has 2 aromatic carbocycles. The van der Waals surface area contributed by atoms with Gasteiger partial charge in [0.05, 0.1) is 4.47 Å². The fraction of sp³-hybridized carbons (Fsp3) is 0.235. The van der Waals surface area contributed by atoms with Gasteiger partial charge in [0, 0.05) is 13.6 Å². The van der Waals surface area contributed by atoms with Crippen LogP contribution in [-0.4, -0.2) is 24.0 Å². The SMILES string of the molecule is CC(Oc1ccc(F)cc1Br)C(=O)N(C)Cc1ccccc1. The van der Waals surface area contributed by atoms with Gasteiger partial charge in [0.2, 0.25) is 0 Å². The molecule has 0 saturated heterocycles. The van der Waals surface area contributed by atoms with Crippen molar-refractivity contribution in [2.75, 3.05) is 7.05 Å². The molecular formula is C17H17BrFNO2. The molecule has 0 bridgehead atoms. The normalized spacial score (nSPS) is 11.8. The van der Waals surface area contributed by atoms with Gasteiger partial charge >= 0.3 is 0 Å². The molecule has 0 aliphatic carbocycles. The molecule has 0 aromatic heterocycles. The maximum atomic E-state index is 13.1. The molecule has 1 amide bonds. The second-order valence-corrected chi connectivity index (χ2v) is 5.87. The third kappa shape index (κ3) is 4.31. The summed E-state index contributed by atoms with van der Waals surface area (Å²) < 4.78 is 19.2.